The summed E-state index contributed by atoms with van der Waals surface area (Å²) in [6.45, 7) is 6.36. The van der Waals surface area contributed by atoms with Crippen molar-refractivity contribution in [3.05, 3.63) is 0 Å². The number of aliphatic imine (C=N–C) groups is 1. The lowest BCUT2D eigenvalue weighted by Gasteiger charge is -2.24. The van der Waals surface area contributed by atoms with E-state index in [0.29, 0.717) is 32.4 Å². The van der Waals surface area contributed by atoms with E-state index in [1.807, 2.05) is 13.8 Å². The van der Waals surface area contributed by atoms with Crippen LogP contribution < -0.4 is 10.6 Å². The highest BCUT2D eigenvalue weighted by Crippen LogP contribution is 2.11. The van der Waals surface area contributed by atoms with Gasteiger partial charge < -0.3 is 10.6 Å². The lowest BCUT2D eigenvalue weighted by molar-refractivity contribution is -0.147. The summed E-state index contributed by atoms with van der Waals surface area (Å²) < 4.78 is 0. The molecular weight excluding hydrogens is 359 g/mol. The van der Waals surface area contributed by atoms with Crippen LogP contribution in [0.15, 0.2) is 4.99 Å². The van der Waals surface area contributed by atoms with Crippen LogP contribution in [0.25, 0.3) is 0 Å². The number of guanidine groups is 1. The SMILES string of the molecule is CCNC(=NCCN1C(=O)CCCC1=O)NCC.I. The number of nitrogens with one attached hydrogen (secondary N) is 2. The standard InChI is InChI=1S/C12H22N4O2.HI/c1-3-13-12(14-4-2)15-8-9-16-10(17)6-5-7-11(16)18;/h3-9H2,1-2H3,(H2,13,14,15);1H. The summed E-state index contributed by atoms with van der Waals surface area (Å²) in [4.78, 5) is 28.8. The first kappa shape index (κ1) is 18.1. The molecule has 2 amide bonds. The van der Waals surface area contributed by atoms with Gasteiger partial charge in [-0.05, 0) is 20.3 Å². The molecule has 0 aromatic rings. The summed E-state index contributed by atoms with van der Waals surface area (Å²) in [5.74, 6) is 0.571. The summed E-state index contributed by atoms with van der Waals surface area (Å²) in [7, 11) is 0. The van der Waals surface area contributed by atoms with Crippen LogP contribution in [0.3, 0.4) is 0 Å². The maximum Gasteiger partial charge on any atom is 0.229 e. The number of likely N-dealkylation sites (tertiary alicyclic amines) is 1. The third-order valence-electron chi connectivity index (χ3n) is 2.67. The van der Waals surface area contributed by atoms with Crippen molar-refractivity contribution in [3.8, 4) is 0 Å². The maximum absolute atomic E-state index is 11.6. The fraction of sp³-hybridized carbons (Fsp3) is 0.750. The van der Waals surface area contributed by atoms with Crippen LogP contribution in [-0.2, 0) is 9.59 Å². The van der Waals surface area contributed by atoms with Crippen molar-refractivity contribution in [2.75, 3.05) is 26.2 Å². The molecule has 1 fully saturated rings. The first-order valence-corrected chi connectivity index (χ1v) is 6.54. The maximum atomic E-state index is 11.6. The molecule has 0 aromatic heterocycles. The van der Waals surface area contributed by atoms with Crippen molar-refractivity contribution in [3.63, 3.8) is 0 Å². The lowest BCUT2D eigenvalue weighted by atomic mass is 10.1. The number of hydrogen-bond donors (Lipinski definition) is 2. The molecule has 0 aliphatic carbocycles. The molecule has 1 rings (SSSR count). The molecule has 0 spiro atoms. The fourth-order valence-corrected chi connectivity index (χ4v) is 1.82. The van der Waals surface area contributed by atoms with E-state index in [0.717, 1.165) is 19.0 Å². The second-order valence-corrected chi connectivity index (χ2v) is 4.08. The molecule has 1 aliphatic rings. The van der Waals surface area contributed by atoms with Gasteiger partial charge in [0, 0.05) is 32.5 Å². The van der Waals surface area contributed by atoms with Crippen molar-refractivity contribution in [2.24, 2.45) is 4.99 Å². The second kappa shape index (κ2) is 9.99. The topological polar surface area (TPSA) is 73.8 Å². The third-order valence-corrected chi connectivity index (χ3v) is 2.67. The van der Waals surface area contributed by atoms with E-state index >= 15 is 0 Å². The minimum absolute atomic E-state index is 0. The number of rotatable bonds is 5. The first-order chi connectivity index (χ1) is 8.69. The summed E-state index contributed by atoms with van der Waals surface area (Å²) >= 11 is 0. The molecule has 7 heteroatoms. The summed E-state index contributed by atoms with van der Waals surface area (Å²) in [6, 6.07) is 0. The minimum atomic E-state index is -0.0742. The van der Waals surface area contributed by atoms with Crippen LogP contribution in [-0.4, -0.2) is 48.9 Å². The Hall–Kier alpha value is -0.860. The van der Waals surface area contributed by atoms with Crippen LogP contribution in [0.4, 0.5) is 0 Å². The van der Waals surface area contributed by atoms with Gasteiger partial charge in [-0.3, -0.25) is 19.5 Å². The molecule has 2 N–H and O–H groups in total. The quantitative estimate of drug-likeness (QED) is 0.318. The molecule has 110 valence electrons. The molecular formula is C12H23IN4O2. The van der Waals surface area contributed by atoms with Crippen LogP contribution in [0.1, 0.15) is 33.1 Å². The smallest absolute Gasteiger partial charge is 0.229 e. The predicted molar refractivity (Wildman–Crippen MR) is 85.6 cm³/mol. The number of nitrogens with zero attached hydrogens (tertiary/aromatic N) is 2. The van der Waals surface area contributed by atoms with Crippen molar-refractivity contribution < 1.29 is 9.59 Å². The molecule has 0 radical (unpaired) electrons. The van der Waals surface area contributed by atoms with E-state index in [9.17, 15) is 9.59 Å². The highest BCUT2D eigenvalue weighted by Gasteiger charge is 2.24. The highest BCUT2D eigenvalue weighted by molar-refractivity contribution is 14.0. The number of hydrogen-bond acceptors (Lipinski definition) is 3. The van der Waals surface area contributed by atoms with Crippen molar-refractivity contribution >= 4 is 41.8 Å². The lowest BCUT2D eigenvalue weighted by Crippen LogP contribution is -2.42. The fourth-order valence-electron chi connectivity index (χ4n) is 1.82. The van der Waals surface area contributed by atoms with E-state index in [-0.39, 0.29) is 35.8 Å². The van der Waals surface area contributed by atoms with Crippen molar-refractivity contribution in [2.45, 2.75) is 33.1 Å². The number of halogens is 1. The molecule has 19 heavy (non-hydrogen) atoms. The Labute approximate surface area is 131 Å². The van der Waals surface area contributed by atoms with Gasteiger partial charge in [0.2, 0.25) is 11.8 Å². The number of carbonyl (C=O) groups is 2. The summed E-state index contributed by atoms with van der Waals surface area (Å²) in [5.41, 5.74) is 0. The van der Waals surface area contributed by atoms with Crippen molar-refractivity contribution in [1.82, 2.24) is 15.5 Å². The van der Waals surface area contributed by atoms with Gasteiger partial charge in [0.1, 0.15) is 0 Å². The largest absolute Gasteiger partial charge is 0.357 e. The molecule has 0 unspecified atom stereocenters. The van der Waals surface area contributed by atoms with Gasteiger partial charge in [-0.2, -0.15) is 0 Å². The normalized spacial score (nSPS) is 14.7. The average Bonchev–Trinajstić information content (AvgIpc) is 2.33. The molecule has 1 aliphatic heterocycles. The number of imide groups is 1. The van der Waals surface area contributed by atoms with Crippen molar-refractivity contribution in [1.29, 1.82) is 0 Å². The van der Waals surface area contributed by atoms with Gasteiger partial charge in [-0.25, -0.2) is 0 Å². The zero-order valence-electron chi connectivity index (χ0n) is 11.6. The van der Waals surface area contributed by atoms with Crippen LogP contribution in [0.5, 0.6) is 0 Å². The average molecular weight is 382 g/mol. The second-order valence-electron chi connectivity index (χ2n) is 4.08. The van der Waals surface area contributed by atoms with E-state index in [1.54, 1.807) is 0 Å². The Morgan fingerprint density at radius 1 is 1.16 bits per heavy atom. The van der Waals surface area contributed by atoms with Gasteiger partial charge in [-0.15, -0.1) is 24.0 Å². The zero-order chi connectivity index (χ0) is 13.4. The van der Waals surface area contributed by atoms with E-state index < -0.39 is 0 Å². The van der Waals surface area contributed by atoms with Gasteiger partial charge in [0.25, 0.3) is 0 Å². The number of carbonyl (C=O) groups excluding carboxylic acids is 2. The molecule has 1 heterocycles. The Morgan fingerprint density at radius 3 is 2.16 bits per heavy atom. The van der Waals surface area contributed by atoms with E-state index in [4.69, 9.17) is 0 Å². The molecule has 0 saturated carbocycles. The van der Waals surface area contributed by atoms with Gasteiger partial charge in [-0.1, -0.05) is 0 Å². The summed E-state index contributed by atoms with van der Waals surface area (Å²) in [5, 5.41) is 6.19. The van der Waals surface area contributed by atoms with Crippen LogP contribution >= 0.6 is 24.0 Å². The molecule has 0 aromatic carbocycles. The van der Waals surface area contributed by atoms with E-state index in [2.05, 4.69) is 15.6 Å². The highest BCUT2D eigenvalue weighted by atomic mass is 127. The minimum Gasteiger partial charge on any atom is -0.357 e. The Kier molecular flexibility index (Phi) is 9.54. The van der Waals surface area contributed by atoms with Gasteiger partial charge in [0.05, 0.1) is 6.54 Å². The monoisotopic (exact) mass is 382 g/mol. The first-order valence-electron chi connectivity index (χ1n) is 6.54. The Morgan fingerprint density at radius 2 is 1.68 bits per heavy atom. The van der Waals surface area contributed by atoms with E-state index in [1.165, 1.54) is 4.90 Å². The molecule has 0 bridgehead atoms. The van der Waals surface area contributed by atoms with Crippen LogP contribution in [0, 0.1) is 0 Å². The zero-order valence-corrected chi connectivity index (χ0v) is 13.9. The predicted octanol–water partition coefficient (Wildman–Crippen LogP) is 0.718. The number of piperidine rings is 1. The Balaban J connectivity index is 0.00000324. The molecule has 0 atom stereocenters. The Bertz CT molecular complexity index is 310. The molecule has 6 nitrogen and oxygen atoms in total. The molecule has 1 saturated heterocycles. The van der Waals surface area contributed by atoms with Crippen LogP contribution in [0.2, 0.25) is 0 Å². The van der Waals surface area contributed by atoms with Gasteiger partial charge in [0.15, 0.2) is 5.96 Å². The summed E-state index contributed by atoms with van der Waals surface area (Å²) in [6.07, 6.45) is 1.63. The third kappa shape index (κ3) is 6.22. The van der Waals surface area contributed by atoms with Gasteiger partial charge >= 0.3 is 0 Å². The number of amides is 2.